The van der Waals surface area contributed by atoms with E-state index in [-0.39, 0.29) is 0 Å². The zero-order valence-corrected chi connectivity index (χ0v) is 80.8. The summed E-state index contributed by atoms with van der Waals surface area (Å²) < 4.78 is 13.5. The summed E-state index contributed by atoms with van der Waals surface area (Å²) in [5.41, 5.74) is 31.4. The zero-order chi connectivity index (χ0) is 99.1. The topological polar surface area (TPSA) is 158 Å². The Bertz CT molecular complexity index is 9330. The third kappa shape index (κ3) is 15.2. The van der Waals surface area contributed by atoms with E-state index >= 15 is 0 Å². The van der Waals surface area contributed by atoms with E-state index in [0.29, 0.717) is 29.4 Å². The van der Waals surface area contributed by atoms with Crippen LogP contribution < -0.4 is 0 Å². The molecule has 30 rings (SSSR count). The number of benzene rings is 18. The molecule has 12 aromatic heterocycles. The van der Waals surface area contributed by atoms with Crippen LogP contribution in [0.15, 0.2) is 522 Å². The molecule has 16 heteroatoms. The number of hydrogen-bond donors (Lipinski definition) is 0. The minimum atomic E-state index is 0.524. The highest BCUT2D eigenvalue weighted by Gasteiger charge is 2.28. The fraction of sp³-hybridized carbons (Fsp3) is 0. The highest BCUT2D eigenvalue weighted by Crippen LogP contribution is 2.47. The summed E-state index contributed by atoms with van der Waals surface area (Å²) in [4.78, 5) is 50.3. The van der Waals surface area contributed by atoms with Gasteiger partial charge in [-0.2, -0.15) is 9.97 Å². The van der Waals surface area contributed by atoms with Crippen LogP contribution in [-0.2, 0) is 0 Å². The van der Waals surface area contributed by atoms with Gasteiger partial charge in [-0.1, -0.05) is 364 Å². The first-order chi connectivity index (χ1) is 74.4. The lowest BCUT2D eigenvalue weighted by atomic mass is 10.00. The second-order valence-corrected chi connectivity index (χ2v) is 37.3. The third-order valence-corrected chi connectivity index (χ3v) is 28.6. The van der Waals surface area contributed by atoms with Crippen molar-refractivity contribution in [2.24, 2.45) is 0 Å². The fourth-order valence-electron chi connectivity index (χ4n) is 21.9. The first-order valence-electron chi connectivity index (χ1n) is 50.2. The van der Waals surface area contributed by atoms with Crippen molar-refractivity contribution in [3.63, 3.8) is 0 Å². The predicted octanol–water partition coefficient (Wildman–Crippen LogP) is 32.6. The Balaban J connectivity index is 0.000000108. The van der Waals surface area contributed by atoms with Crippen molar-refractivity contribution in [2.75, 3.05) is 0 Å². The van der Waals surface area contributed by atoms with E-state index < -0.39 is 0 Å². The summed E-state index contributed by atoms with van der Waals surface area (Å²) in [5.74, 6) is 3.77. The lowest BCUT2D eigenvalue weighted by Crippen LogP contribution is -2.06. The number of hydrogen-bond acceptors (Lipinski definition) is 10. The number of fused-ring (bicyclic) bond motifs is 18. The van der Waals surface area contributed by atoms with Crippen molar-refractivity contribution in [1.82, 2.24) is 77.2 Å². The summed E-state index contributed by atoms with van der Waals surface area (Å²) in [6.45, 7) is 0. The third-order valence-electron chi connectivity index (χ3n) is 28.6. The van der Waals surface area contributed by atoms with Crippen molar-refractivity contribution >= 4 is 131 Å². The molecule has 150 heavy (non-hydrogen) atoms. The molecule has 16 nitrogen and oxygen atoms in total. The molecule has 0 spiro atoms. The normalized spacial score (nSPS) is 11.6. The largest absolute Gasteiger partial charge is 0.309 e. The number of pyridine rings is 3. The molecule has 0 aliphatic rings. The monoisotopic (exact) mass is 1920 g/mol. The second-order valence-electron chi connectivity index (χ2n) is 37.3. The molecule has 0 saturated heterocycles. The zero-order valence-electron chi connectivity index (χ0n) is 80.8. The van der Waals surface area contributed by atoms with E-state index in [1.54, 1.807) is 0 Å². The number of aromatic nitrogens is 16. The maximum atomic E-state index is 5.17. The van der Waals surface area contributed by atoms with Gasteiger partial charge in [0.15, 0.2) is 17.5 Å². The summed E-state index contributed by atoms with van der Waals surface area (Å²) in [5, 5.41) is 13.8. The van der Waals surface area contributed by atoms with Crippen LogP contribution in [-0.4, -0.2) is 77.2 Å². The minimum absolute atomic E-state index is 0.524. The molecular weight excluding hydrogens is 1830 g/mol. The van der Waals surface area contributed by atoms with Crippen LogP contribution in [0.1, 0.15) is 0 Å². The van der Waals surface area contributed by atoms with E-state index in [0.717, 1.165) is 161 Å². The van der Waals surface area contributed by atoms with Crippen molar-refractivity contribution < 1.29 is 0 Å². The quantitative estimate of drug-likeness (QED) is 0.0967. The van der Waals surface area contributed by atoms with Crippen molar-refractivity contribution in [3.8, 4) is 136 Å². The van der Waals surface area contributed by atoms with E-state index in [9.17, 15) is 0 Å². The van der Waals surface area contributed by atoms with Gasteiger partial charge >= 0.3 is 0 Å². The van der Waals surface area contributed by atoms with Crippen LogP contribution in [0, 0.1) is 0 Å². The molecule has 0 fully saturated rings. The second kappa shape index (κ2) is 37.0. The molecule has 0 bridgehead atoms. The van der Waals surface area contributed by atoms with E-state index in [1.807, 2.05) is 170 Å². The van der Waals surface area contributed by atoms with Gasteiger partial charge in [-0.05, 0) is 150 Å². The number of nitrogens with zero attached hydrogens (tertiary/aromatic N) is 16. The Labute approximate surface area is 860 Å². The van der Waals surface area contributed by atoms with Gasteiger partial charge in [0.2, 0.25) is 11.9 Å². The molecule has 0 unspecified atom stereocenters. The van der Waals surface area contributed by atoms with E-state index in [4.69, 9.17) is 49.8 Å². The van der Waals surface area contributed by atoms with Gasteiger partial charge in [-0.15, -0.1) is 0 Å². The standard InChI is InChI=1S/2C45H29N5.C44H28N6/c1-4-14-30(15-5-1)39-29-40(31-16-6-2-7-17-31)48-45(47-39)50-42-26-25-32(28-38(42)37-23-13-27-46-44(37)50)34-21-12-22-36-35-20-10-11-24-41(35)49(43(34)36)33-18-8-3-9-19-33;1-4-14-30(15-5-1)39-29-42(48-44(47-39)31-16-6-2-7-17-31)50-41-26-25-32(28-38(41)37-23-13-27-46-45(37)50)34-21-12-22-36-35-20-10-11-24-40(35)49(43(34)36)33-18-8-3-9-19-33;1-4-14-29(15-5-1)41-46-42(30-16-6-2-7-17-30)48-44(47-41)50-39-26-25-31(28-37(39)36-23-13-27-45-43(36)50)33-21-12-22-35-34-20-10-11-24-38(34)49(40(33)35)32-18-8-3-9-19-32/h2*1-29H;1-28H. The molecule has 0 radical (unpaired) electrons. The van der Waals surface area contributed by atoms with E-state index in [2.05, 4.69) is 379 Å². The molecule has 12 heterocycles. The van der Waals surface area contributed by atoms with Crippen LogP contribution in [0.4, 0.5) is 0 Å². The number of para-hydroxylation sites is 9. The summed E-state index contributed by atoms with van der Waals surface area (Å²) >= 11 is 0. The molecule has 0 N–H and O–H groups in total. The molecule has 0 saturated carbocycles. The van der Waals surface area contributed by atoms with Crippen molar-refractivity contribution in [2.45, 2.75) is 0 Å². The lowest BCUT2D eigenvalue weighted by molar-refractivity contribution is 0.944. The van der Waals surface area contributed by atoms with Crippen LogP contribution >= 0.6 is 0 Å². The molecular formula is C134H86N16. The van der Waals surface area contributed by atoms with Gasteiger partial charge in [-0.25, -0.2) is 39.9 Å². The van der Waals surface area contributed by atoms with Gasteiger partial charge in [0, 0.05) is 156 Å². The first-order valence-corrected chi connectivity index (χ1v) is 50.2. The average molecular weight is 1920 g/mol. The molecule has 702 valence electrons. The molecule has 0 amide bonds. The smallest absolute Gasteiger partial charge is 0.240 e. The molecule has 0 aliphatic carbocycles. The lowest BCUT2D eigenvalue weighted by Gasteiger charge is -2.13. The Morgan fingerprint density at radius 3 is 0.760 bits per heavy atom. The maximum absolute atomic E-state index is 5.17. The maximum Gasteiger partial charge on any atom is 0.240 e. The van der Waals surface area contributed by atoms with Gasteiger partial charge in [0.05, 0.1) is 66.7 Å². The van der Waals surface area contributed by atoms with Gasteiger partial charge in [0.1, 0.15) is 22.8 Å². The fourth-order valence-corrected chi connectivity index (χ4v) is 21.9. The molecule has 30 aromatic rings. The summed E-state index contributed by atoms with van der Waals surface area (Å²) in [6, 6.07) is 176. The Hall–Kier alpha value is -20.6. The highest BCUT2D eigenvalue weighted by molar-refractivity contribution is 6.20. The highest BCUT2D eigenvalue weighted by atomic mass is 15.2. The Kier molecular flexibility index (Phi) is 21.5. The summed E-state index contributed by atoms with van der Waals surface area (Å²) in [7, 11) is 0. The molecule has 0 atom stereocenters. The minimum Gasteiger partial charge on any atom is -0.309 e. The van der Waals surface area contributed by atoms with E-state index in [1.165, 1.54) is 76.5 Å². The van der Waals surface area contributed by atoms with Crippen molar-refractivity contribution in [3.05, 3.63) is 522 Å². The van der Waals surface area contributed by atoms with Crippen molar-refractivity contribution in [1.29, 1.82) is 0 Å². The Morgan fingerprint density at radius 2 is 0.413 bits per heavy atom. The van der Waals surface area contributed by atoms with Gasteiger partial charge in [0.25, 0.3) is 0 Å². The van der Waals surface area contributed by atoms with Crippen LogP contribution in [0.3, 0.4) is 0 Å². The average Bonchev–Trinajstić information content (AvgIpc) is 1.57. The first kappa shape index (κ1) is 87.2. The SMILES string of the molecule is c1ccc(-c2cc(-c3ccccc3)nc(-n3c4ccc(-c5cccc6c7ccccc7n(-c7ccccc7)c56)cc4c4cccnc43)n2)cc1.c1ccc(-c2cc(-n3c4ccc(-c5cccc6c7ccccc7n(-c7ccccc7)c56)cc4c4cccnc43)nc(-c3ccccc3)n2)cc1.c1ccc(-c2nc(-c3ccccc3)nc(-n3c4ccc(-c5cccc6c7ccccc7n(-c7ccccc7)c56)cc4c4cccnc43)n2)cc1. The van der Waals surface area contributed by atoms with Crippen LogP contribution in [0.25, 0.3) is 267 Å². The summed E-state index contributed by atoms with van der Waals surface area (Å²) in [6.07, 6.45) is 5.53. The molecule has 18 aromatic carbocycles. The van der Waals surface area contributed by atoms with Crippen LogP contribution in [0.5, 0.6) is 0 Å². The Morgan fingerprint density at radius 1 is 0.147 bits per heavy atom. The van der Waals surface area contributed by atoms with Gasteiger partial charge < -0.3 is 13.7 Å². The predicted molar refractivity (Wildman–Crippen MR) is 612 cm³/mol. The molecule has 0 aliphatic heterocycles. The van der Waals surface area contributed by atoms with Gasteiger partial charge in [-0.3, -0.25) is 13.7 Å². The number of rotatable bonds is 15. The van der Waals surface area contributed by atoms with Crippen LogP contribution in [0.2, 0.25) is 0 Å².